The number of aromatic amines is 1. The smallest absolute Gasteiger partial charge is 0.239 e. The van der Waals surface area contributed by atoms with Crippen LogP contribution in [0.5, 0.6) is 0 Å². The van der Waals surface area contributed by atoms with Gasteiger partial charge < -0.3 is 10.6 Å². The second-order valence-corrected chi connectivity index (χ2v) is 5.55. The number of nitrogens with zero attached hydrogens (tertiary/aromatic N) is 2. The van der Waals surface area contributed by atoms with Gasteiger partial charge in [0.1, 0.15) is 0 Å². The van der Waals surface area contributed by atoms with Gasteiger partial charge in [-0.3, -0.25) is 9.89 Å². The second kappa shape index (κ2) is 6.19. The molecule has 106 valence electrons. The van der Waals surface area contributed by atoms with Crippen LogP contribution in [0.3, 0.4) is 0 Å². The molecule has 0 aliphatic carbocycles. The second-order valence-electron chi connectivity index (χ2n) is 5.55. The van der Waals surface area contributed by atoms with Gasteiger partial charge in [0.2, 0.25) is 5.91 Å². The molecule has 1 fully saturated rings. The maximum absolute atomic E-state index is 12.4. The normalized spacial score (nSPS) is 23.1. The van der Waals surface area contributed by atoms with Gasteiger partial charge in [0.15, 0.2) is 0 Å². The van der Waals surface area contributed by atoms with Gasteiger partial charge in [-0.2, -0.15) is 5.10 Å². The Morgan fingerprint density at radius 2 is 2.47 bits per heavy atom. The summed E-state index contributed by atoms with van der Waals surface area (Å²) < 4.78 is 0. The van der Waals surface area contributed by atoms with Gasteiger partial charge in [-0.1, -0.05) is 20.3 Å². The number of nitrogens with two attached hydrogens (primary N) is 1. The highest BCUT2D eigenvalue weighted by atomic mass is 16.2. The highest BCUT2D eigenvalue weighted by Gasteiger charge is 2.30. The fourth-order valence-corrected chi connectivity index (χ4v) is 2.63. The first-order chi connectivity index (χ1) is 9.13. The molecule has 0 radical (unpaired) electrons. The third kappa shape index (κ3) is 3.15. The van der Waals surface area contributed by atoms with Gasteiger partial charge in [0.05, 0.1) is 6.04 Å². The molecule has 1 aromatic rings. The van der Waals surface area contributed by atoms with Crippen LogP contribution in [-0.2, 0) is 4.79 Å². The average Bonchev–Trinajstić information content (AvgIpc) is 2.99. The van der Waals surface area contributed by atoms with Crippen molar-refractivity contribution in [2.75, 3.05) is 13.1 Å². The largest absolute Gasteiger partial charge is 0.341 e. The molecule has 2 unspecified atom stereocenters. The van der Waals surface area contributed by atoms with Crippen molar-refractivity contribution in [1.29, 1.82) is 0 Å². The van der Waals surface area contributed by atoms with Crippen LogP contribution in [0.25, 0.3) is 0 Å². The quantitative estimate of drug-likeness (QED) is 0.865. The highest BCUT2D eigenvalue weighted by molar-refractivity contribution is 5.82. The van der Waals surface area contributed by atoms with Gasteiger partial charge in [-0.15, -0.1) is 0 Å². The monoisotopic (exact) mass is 264 g/mol. The Morgan fingerprint density at radius 3 is 3.11 bits per heavy atom. The lowest BCUT2D eigenvalue weighted by atomic mass is 9.93. The molecule has 0 bridgehead atoms. The third-order valence-electron chi connectivity index (χ3n) is 4.24. The van der Waals surface area contributed by atoms with Crippen molar-refractivity contribution >= 4 is 5.91 Å². The van der Waals surface area contributed by atoms with Crippen molar-refractivity contribution in [3.05, 3.63) is 18.0 Å². The summed E-state index contributed by atoms with van der Waals surface area (Å²) in [6.07, 6.45) is 4.83. The van der Waals surface area contributed by atoms with E-state index >= 15 is 0 Å². The fourth-order valence-electron chi connectivity index (χ4n) is 2.63. The van der Waals surface area contributed by atoms with E-state index in [9.17, 15) is 4.79 Å². The number of piperidine rings is 1. The Bertz CT molecular complexity index is 404. The molecular formula is C14H24N4O. The molecule has 1 saturated heterocycles. The molecule has 3 N–H and O–H groups in total. The summed E-state index contributed by atoms with van der Waals surface area (Å²) in [6, 6.07) is 1.62. The predicted octanol–water partition coefficient (Wildman–Crippen LogP) is 1.49. The van der Waals surface area contributed by atoms with Gasteiger partial charge in [-0.05, 0) is 24.8 Å². The number of carbonyl (C=O) groups is 1. The van der Waals surface area contributed by atoms with Crippen LogP contribution in [0.2, 0.25) is 0 Å². The number of nitrogens with one attached hydrogen (secondary N) is 1. The first-order valence-electron chi connectivity index (χ1n) is 7.17. The first-order valence-corrected chi connectivity index (χ1v) is 7.17. The molecule has 1 amide bonds. The van der Waals surface area contributed by atoms with Crippen molar-refractivity contribution in [3.63, 3.8) is 0 Å². The SMILES string of the molecule is CCC(C)[C@H](N)C(=O)N1CCCC(c2ccn[nH]2)C1. The van der Waals surface area contributed by atoms with Crippen LogP contribution in [0, 0.1) is 5.92 Å². The zero-order valence-corrected chi connectivity index (χ0v) is 11.8. The van der Waals surface area contributed by atoms with Crippen LogP contribution in [0.15, 0.2) is 12.3 Å². The number of likely N-dealkylation sites (tertiary alicyclic amines) is 1. The van der Waals surface area contributed by atoms with E-state index in [4.69, 9.17) is 5.73 Å². The molecule has 0 spiro atoms. The number of hydrogen-bond acceptors (Lipinski definition) is 3. The summed E-state index contributed by atoms with van der Waals surface area (Å²) in [6.45, 7) is 5.69. The van der Waals surface area contributed by atoms with E-state index in [-0.39, 0.29) is 17.9 Å². The highest BCUT2D eigenvalue weighted by Crippen LogP contribution is 2.26. The number of hydrogen-bond donors (Lipinski definition) is 2. The van der Waals surface area contributed by atoms with Crippen LogP contribution in [-0.4, -0.2) is 40.1 Å². The standard InChI is InChI=1S/C14H24N4O/c1-3-10(2)13(15)14(19)18-8-4-5-11(9-18)12-6-7-16-17-12/h6-7,10-11,13H,3-5,8-9,15H2,1-2H3,(H,16,17)/t10?,11?,13-/m0/s1. The molecule has 3 atom stereocenters. The van der Waals surface area contributed by atoms with Crippen molar-refractivity contribution < 1.29 is 4.79 Å². The molecule has 5 nitrogen and oxygen atoms in total. The average molecular weight is 264 g/mol. The minimum Gasteiger partial charge on any atom is -0.341 e. The molecular weight excluding hydrogens is 240 g/mol. The lowest BCUT2D eigenvalue weighted by Crippen LogP contribution is -2.50. The van der Waals surface area contributed by atoms with Gasteiger partial charge in [0.25, 0.3) is 0 Å². The van der Waals surface area contributed by atoms with Gasteiger partial charge in [-0.25, -0.2) is 0 Å². The number of aromatic nitrogens is 2. The number of H-pyrrole nitrogens is 1. The Kier molecular flexibility index (Phi) is 4.58. The summed E-state index contributed by atoms with van der Waals surface area (Å²) in [4.78, 5) is 14.3. The molecule has 2 heterocycles. The van der Waals surface area contributed by atoms with Crippen LogP contribution < -0.4 is 5.73 Å². The van der Waals surface area contributed by atoms with Gasteiger partial charge >= 0.3 is 0 Å². The number of carbonyl (C=O) groups excluding carboxylic acids is 1. The summed E-state index contributed by atoms with van der Waals surface area (Å²) in [5.41, 5.74) is 7.17. The van der Waals surface area contributed by atoms with E-state index in [1.807, 2.05) is 17.9 Å². The Labute approximate surface area is 114 Å². The summed E-state index contributed by atoms with van der Waals surface area (Å²) in [7, 11) is 0. The predicted molar refractivity (Wildman–Crippen MR) is 74.6 cm³/mol. The van der Waals surface area contributed by atoms with Crippen molar-refractivity contribution in [3.8, 4) is 0 Å². The molecule has 1 aliphatic heterocycles. The lowest BCUT2D eigenvalue weighted by molar-refractivity contribution is -0.135. The summed E-state index contributed by atoms with van der Waals surface area (Å²) in [5, 5.41) is 7.00. The zero-order chi connectivity index (χ0) is 13.8. The van der Waals surface area contributed by atoms with Crippen LogP contribution in [0.1, 0.15) is 44.7 Å². The summed E-state index contributed by atoms with van der Waals surface area (Å²) >= 11 is 0. The minimum atomic E-state index is -0.370. The van der Waals surface area contributed by atoms with Crippen LogP contribution >= 0.6 is 0 Å². The van der Waals surface area contributed by atoms with E-state index in [0.29, 0.717) is 5.92 Å². The van der Waals surface area contributed by atoms with Gasteiger partial charge in [0, 0.05) is 30.9 Å². The summed E-state index contributed by atoms with van der Waals surface area (Å²) in [5.74, 6) is 0.697. The molecule has 1 aromatic heterocycles. The molecule has 19 heavy (non-hydrogen) atoms. The Balaban J connectivity index is 1.99. The lowest BCUT2D eigenvalue weighted by Gasteiger charge is -2.34. The third-order valence-corrected chi connectivity index (χ3v) is 4.24. The van der Waals surface area contributed by atoms with Crippen molar-refractivity contribution in [2.24, 2.45) is 11.7 Å². The maximum atomic E-state index is 12.4. The van der Waals surface area contributed by atoms with Crippen LogP contribution in [0.4, 0.5) is 0 Å². The Morgan fingerprint density at radius 1 is 1.68 bits per heavy atom. The van der Waals surface area contributed by atoms with E-state index < -0.39 is 0 Å². The number of rotatable bonds is 4. The molecule has 0 aromatic carbocycles. The molecule has 5 heteroatoms. The molecule has 2 rings (SSSR count). The van der Waals surface area contributed by atoms with E-state index in [1.165, 1.54) is 0 Å². The topological polar surface area (TPSA) is 75.0 Å². The minimum absolute atomic E-state index is 0.0959. The fraction of sp³-hybridized carbons (Fsp3) is 0.714. The van der Waals surface area contributed by atoms with E-state index in [2.05, 4.69) is 17.1 Å². The zero-order valence-electron chi connectivity index (χ0n) is 11.8. The molecule has 1 aliphatic rings. The number of amides is 1. The van der Waals surface area contributed by atoms with Crippen molar-refractivity contribution in [2.45, 2.75) is 45.1 Å². The first kappa shape index (κ1) is 14.1. The molecule has 0 saturated carbocycles. The van der Waals surface area contributed by atoms with Crippen molar-refractivity contribution in [1.82, 2.24) is 15.1 Å². The maximum Gasteiger partial charge on any atom is 0.239 e. The Hall–Kier alpha value is -1.36. The van der Waals surface area contributed by atoms with E-state index in [1.54, 1.807) is 6.20 Å². The van der Waals surface area contributed by atoms with E-state index in [0.717, 1.165) is 38.0 Å².